The molecule has 9 heteroatoms. The Morgan fingerprint density at radius 1 is 0.861 bits per heavy atom. The first kappa shape index (κ1) is 24.5. The Kier molecular flexibility index (Phi) is 7.92. The largest absolute Gasteiger partial charge is 0.445 e. The molecule has 0 aliphatic heterocycles. The molecule has 0 saturated carbocycles. The van der Waals surface area contributed by atoms with E-state index < -0.39 is 29.8 Å². The summed E-state index contributed by atoms with van der Waals surface area (Å²) in [5.41, 5.74) is 7.80. The lowest BCUT2D eigenvalue weighted by Gasteiger charge is -2.18. The van der Waals surface area contributed by atoms with E-state index in [-0.39, 0.29) is 19.4 Å². The lowest BCUT2D eigenvalue weighted by Crippen LogP contribution is -2.53. The number of aromatic amines is 1. The molecule has 0 saturated heterocycles. The van der Waals surface area contributed by atoms with Crippen molar-refractivity contribution in [3.63, 3.8) is 0 Å². The number of H-pyrrole nitrogens is 1. The molecule has 8 nitrogen and oxygen atoms in total. The number of ether oxygens (including phenoxy) is 1. The Balaban J connectivity index is 1.40. The fraction of sp³-hybridized carbons (Fsp3) is 0.148. The van der Waals surface area contributed by atoms with Crippen LogP contribution in [0.25, 0.3) is 10.9 Å². The molecule has 0 fully saturated rings. The van der Waals surface area contributed by atoms with Crippen molar-refractivity contribution in [1.82, 2.24) is 21.2 Å². The van der Waals surface area contributed by atoms with E-state index in [4.69, 9.17) is 4.74 Å². The number of aromatic nitrogens is 1. The van der Waals surface area contributed by atoms with Crippen LogP contribution in [-0.4, -0.2) is 28.9 Å². The van der Waals surface area contributed by atoms with Crippen LogP contribution >= 0.6 is 0 Å². The number of hydrogen-bond acceptors (Lipinski definition) is 4. The Morgan fingerprint density at radius 3 is 2.36 bits per heavy atom. The summed E-state index contributed by atoms with van der Waals surface area (Å²) in [5.74, 6) is -1.52. The van der Waals surface area contributed by atoms with Gasteiger partial charge in [0.15, 0.2) is 0 Å². The van der Waals surface area contributed by atoms with Gasteiger partial charge in [-0.1, -0.05) is 60.7 Å². The minimum Gasteiger partial charge on any atom is -0.445 e. The van der Waals surface area contributed by atoms with E-state index in [1.54, 1.807) is 6.20 Å². The van der Waals surface area contributed by atoms with E-state index >= 15 is 0 Å². The average molecular weight is 489 g/mol. The standard InChI is InChI=1S/C27H25FN4O4/c28-21-12-10-18(11-13-21)14-25(33)31-32-26(34)24(15-20-16-29-23-9-5-4-8-22(20)23)30-27(35)36-17-19-6-2-1-3-7-19/h1-13,16,24,29H,14-15,17H2,(H,30,35)(H,31,33)(H,32,34)/t24-/m1/s1. The third-order valence-electron chi connectivity index (χ3n) is 5.52. The molecule has 0 aliphatic carbocycles. The molecule has 1 atom stereocenters. The molecule has 0 spiro atoms. The number of rotatable bonds is 8. The summed E-state index contributed by atoms with van der Waals surface area (Å²) in [5, 5.41) is 3.50. The van der Waals surface area contributed by atoms with Gasteiger partial charge in [0.05, 0.1) is 6.42 Å². The van der Waals surface area contributed by atoms with Gasteiger partial charge in [-0.3, -0.25) is 20.4 Å². The summed E-state index contributed by atoms with van der Waals surface area (Å²) in [6.07, 6.45) is 1.11. The molecule has 36 heavy (non-hydrogen) atoms. The third-order valence-corrected chi connectivity index (χ3v) is 5.52. The molecule has 3 amide bonds. The smallest absolute Gasteiger partial charge is 0.408 e. The topological polar surface area (TPSA) is 112 Å². The zero-order valence-corrected chi connectivity index (χ0v) is 19.3. The fourth-order valence-electron chi connectivity index (χ4n) is 3.69. The number of nitrogens with one attached hydrogen (secondary N) is 4. The Bertz CT molecular complexity index is 1340. The van der Waals surface area contributed by atoms with Crippen molar-refractivity contribution in [3.05, 3.63) is 108 Å². The first-order valence-electron chi connectivity index (χ1n) is 11.3. The molecule has 184 valence electrons. The highest BCUT2D eigenvalue weighted by molar-refractivity contribution is 5.90. The van der Waals surface area contributed by atoms with Gasteiger partial charge >= 0.3 is 6.09 Å². The van der Waals surface area contributed by atoms with Crippen LogP contribution in [0.3, 0.4) is 0 Å². The van der Waals surface area contributed by atoms with E-state index in [0.717, 1.165) is 22.0 Å². The molecule has 1 heterocycles. The van der Waals surface area contributed by atoms with Crippen molar-refractivity contribution in [2.24, 2.45) is 0 Å². The van der Waals surface area contributed by atoms with Gasteiger partial charge in [0.2, 0.25) is 5.91 Å². The molecule has 4 aromatic rings. The Morgan fingerprint density at radius 2 is 1.58 bits per heavy atom. The summed E-state index contributed by atoms with van der Waals surface area (Å²) < 4.78 is 18.3. The second-order valence-corrected chi connectivity index (χ2v) is 8.16. The summed E-state index contributed by atoms with van der Waals surface area (Å²) >= 11 is 0. The second-order valence-electron chi connectivity index (χ2n) is 8.16. The zero-order valence-electron chi connectivity index (χ0n) is 19.3. The monoisotopic (exact) mass is 488 g/mol. The summed E-state index contributed by atoms with van der Waals surface area (Å²) in [6.45, 7) is 0.0442. The minimum atomic E-state index is -1.03. The maximum absolute atomic E-state index is 13.1. The van der Waals surface area contributed by atoms with Gasteiger partial charge in [0, 0.05) is 23.5 Å². The predicted molar refractivity (Wildman–Crippen MR) is 132 cm³/mol. The van der Waals surface area contributed by atoms with Gasteiger partial charge in [-0.2, -0.15) is 0 Å². The maximum atomic E-state index is 13.1. The maximum Gasteiger partial charge on any atom is 0.408 e. The Hall–Kier alpha value is -4.66. The van der Waals surface area contributed by atoms with Crippen LogP contribution in [0.15, 0.2) is 85.1 Å². The zero-order chi connectivity index (χ0) is 25.3. The molecular weight excluding hydrogens is 463 g/mol. The van der Waals surface area contributed by atoms with Crippen molar-refractivity contribution in [2.45, 2.75) is 25.5 Å². The molecule has 3 aromatic carbocycles. The fourth-order valence-corrected chi connectivity index (χ4v) is 3.69. The van der Waals surface area contributed by atoms with Gasteiger partial charge in [0.1, 0.15) is 18.5 Å². The average Bonchev–Trinajstić information content (AvgIpc) is 3.30. The molecule has 0 bridgehead atoms. The number of carbonyl (C=O) groups is 3. The van der Waals surface area contributed by atoms with Gasteiger partial charge in [-0.15, -0.1) is 0 Å². The number of carbonyl (C=O) groups excluding carboxylic acids is 3. The number of fused-ring (bicyclic) bond motifs is 1. The highest BCUT2D eigenvalue weighted by Crippen LogP contribution is 2.19. The van der Waals surface area contributed by atoms with Crippen LogP contribution in [0.4, 0.5) is 9.18 Å². The predicted octanol–water partition coefficient (Wildman–Crippen LogP) is 3.53. The third kappa shape index (κ3) is 6.69. The molecule has 0 radical (unpaired) electrons. The SMILES string of the molecule is O=C(Cc1ccc(F)cc1)NNC(=O)[C@@H](Cc1c[nH]c2ccccc12)NC(=O)OCc1ccccc1. The van der Waals surface area contributed by atoms with Crippen molar-refractivity contribution in [1.29, 1.82) is 0 Å². The summed E-state index contributed by atoms with van der Waals surface area (Å²) in [6, 6.07) is 21.2. The Labute approximate surface area is 206 Å². The van der Waals surface area contributed by atoms with Gasteiger partial charge in [0.25, 0.3) is 5.91 Å². The van der Waals surface area contributed by atoms with Crippen LogP contribution < -0.4 is 16.2 Å². The number of benzene rings is 3. The highest BCUT2D eigenvalue weighted by atomic mass is 19.1. The van der Waals surface area contributed by atoms with Gasteiger partial charge < -0.3 is 15.0 Å². The quantitative estimate of drug-likeness (QED) is 0.284. The van der Waals surface area contributed by atoms with Crippen LogP contribution in [0.1, 0.15) is 16.7 Å². The van der Waals surface area contributed by atoms with Crippen LogP contribution in [-0.2, 0) is 33.8 Å². The number of para-hydroxylation sites is 1. The molecule has 0 unspecified atom stereocenters. The number of halogens is 1. The van der Waals surface area contributed by atoms with E-state index in [0.29, 0.717) is 5.56 Å². The van der Waals surface area contributed by atoms with Gasteiger partial charge in [-0.05, 0) is 34.9 Å². The molecule has 0 aliphatic rings. The number of amides is 3. The second kappa shape index (κ2) is 11.7. The number of alkyl carbamates (subject to hydrolysis) is 1. The van der Waals surface area contributed by atoms with Crippen molar-refractivity contribution < 1.29 is 23.5 Å². The summed E-state index contributed by atoms with van der Waals surface area (Å²) in [7, 11) is 0. The van der Waals surface area contributed by atoms with Crippen molar-refractivity contribution >= 4 is 28.8 Å². The first-order valence-corrected chi connectivity index (χ1v) is 11.3. The van der Waals surface area contributed by atoms with Gasteiger partial charge in [-0.25, -0.2) is 9.18 Å². The highest BCUT2D eigenvalue weighted by Gasteiger charge is 2.24. The molecule has 4 rings (SSSR count). The van der Waals surface area contributed by atoms with E-state index in [9.17, 15) is 18.8 Å². The van der Waals surface area contributed by atoms with E-state index in [1.807, 2.05) is 54.6 Å². The van der Waals surface area contributed by atoms with Crippen molar-refractivity contribution in [3.8, 4) is 0 Å². The normalized spacial score (nSPS) is 11.5. The van der Waals surface area contributed by atoms with Crippen LogP contribution in [0.2, 0.25) is 0 Å². The van der Waals surface area contributed by atoms with Crippen LogP contribution in [0.5, 0.6) is 0 Å². The lowest BCUT2D eigenvalue weighted by molar-refractivity contribution is -0.129. The molecule has 4 N–H and O–H groups in total. The number of hydrogen-bond donors (Lipinski definition) is 4. The lowest BCUT2D eigenvalue weighted by atomic mass is 10.0. The number of hydrazine groups is 1. The van der Waals surface area contributed by atoms with Crippen LogP contribution in [0, 0.1) is 5.82 Å². The minimum absolute atomic E-state index is 0.0442. The molecular formula is C27H25FN4O4. The van der Waals surface area contributed by atoms with Crippen molar-refractivity contribution in [2.75, 3.05) is 0 Å². The van der Waals surface area contributed by atoms with E-state index in [2.05, 4.69) is 21.2 Å². The van der Waals surface area contributed by atoms with E-state index in [1.165, 1.54) is 24.3 Å². The summed E-state index contributed by atoms with van der Waals surface area (Å²) in [4.78, 5) is 40.9. The first-order chi connectivity index (χ1) is 17.5. The molecule has 1 aromatic heterocycles.